The summed E-state index contributed by atoms with van der Waals surface area (Å²) in [6, 6.07) is 0. The minimum atomic E-state index is -0.564. The lowest BCUT2D eigenvalue weighted by molar-refractivity contribution is -0.300. The molecule has 0 spiro atoms. The van der Waals surface area contributed by atoms with Crippen LogP contribution in [0.15, 0.2) is 24.3 Å². The fourth-order valence-corrected chi connectivity index (χ4v) is 2.57. The maximum atomic E-state index is 11.0. The maximum Gasteiger partial charge on any atom is 0.305 e. The van der Waals surface area contributed by atoms with Crippen LogP contribution in [0.25, 0.3) is 0 Å². The molecule has 3 atom stereocenters. The molecule has 0 aromatic rings. The van der Waals surface area contributed by atoms with Crippen molar-refractivity contribution in [1.29, 1.82) is 0 Å². The Bertz CT molecular complexity index is 391. The number of esters is 1. The molecule has 5 nitrogen and oxygen atoms in total. The number of aliphatic hydroxyl groups excluding tert-OH is 1. The molecule has 0 aromatic carbocycles. The second kappa shape index (κ2) is 13.2. The lowest BCUT2D eigenvalue weighted by Gasteiger charge is -2.14. The summed E-state index contributed by atoms with van der Waals surface area (Å²) in [6.07, 6.45) is 15.1. The first-order valence-corrected chi connectivity index (χ1v) is 9.07. The van der Waals surface area contributed by atoms with Crippen molar-refractivity contribution < 1.29 is 24.4 Å². The van der Waals surface area contributed by atoms with Crippen molar-refractivity contribution in [2.75, 3.05) is 7.11 Å². The largest absolute Gasteiger partial charge is 0.469 e. The third-order valence-electron chi connectivity index (χ3n) is 4.10. The minimum absolute atomic E-state index is 0.111. The highest BCUT2D eigenvalue weighted by Gasteiger charge is 2.31. The van der Waals surface area contributed by atoms with Crippen LogP contribution < -0.4 is 0 Å². The molecule has 1 aliphatic rings. The summed E-state index contributed by atoms with van der Waals surface area (Å²) in [5.74, 6) is -0.210. The van der Waals surface area contributed by atoms with E-state index in [1.165, 1.54) is 26.4 Å². The summed E-state index contributed by atoms with van der Waals surface area (Å²) in [7, 11) is 1.38. The molecule has 5 heteroatoms. The molecule has 0 saturated carbocycles. The molecule has 3 unspecified atom stereocenters. The highest BCUT2D eigenvalue weighted by atomic mass is 17.2. The van der Waals surface area contributed by atoms with Gasteiger partial charge in [0.1, 0.15) is 12.2 Å². The summed E-state index contributed by atoms with van der Waals surface area (Å²) in [6.45, 7) is 2.20. The van der Waals surface area contributed by atoms with Crippen LogP contribution in [0.3, 0.4) is 0 Å². The van der Waals surface area contributed by atoms with Gasteiger partial charge in [0.2, 0.25) is 0 Å². The van der Waals surface area contributed by atoms with E-state index in [0.717, 1.165) is 12.8 Å². The summed E-state index contributed by atoms with van der Waals surface area (Å²) in [4.78, 5) is 21.5. The van der Waals surface area contributed by atoms with Gasteiger partial charge in [0.05, 0.1) is 13.2 Å². The van der Waals surface area contributed by atoms with Gasteiger partial charge in [-0.3, -0.25) is 4.79 Å². The molecule has 1 aliphatic heterocycles. The van der Waals surface area contributed by atoms with E-state index in [1.54, 1.807) is 0 Å². The van der Waals surface area contributed by atoms with Crippen LogP contribution in [0.2, 0.25) is 0 Å². The number of hydrogen-bond acceptors (Lipinski definition) is 5. The van der Waals surface area contributed by atoms with Gasteiger partial charge in [-0.1, -0.05) is 50.5 Å². The zero-order chi connectivity index (χ0) is 17.6. The van der Waals surface area contributed by atoms with Crippen LogP contribution in [0.5, 0.6) is 0 Å². The number of hydrogen-bond donors (Lipinski definition) is 1. The lowest BCUT2D eigenvalue weighted by Crippen LogP contribution is -2.25. The predicted molar refractivity (Wildman–Crippen MR) is 93.3 cm³/mol. The quantitative estimate of drug-likeness (QED) is 0.253. The Morgan fingerprint density at radius 2 is 2.08 bits per heavy atom. The van der Waals surface area contributed by atoms with Gasteiger partial charge < -0.3 is 9.84 Å². The van der Waals surface area contributed by atoms with Gasteiger partial charge in [-0.15, -0.1) is 0 Å². The first-order valence-electron chi connectivity index (χ1n) is 9.07. The molecule has 0 radical (unpaired) electrons. The average molecular weight is 340 g/mol. The standard InChI is InChI=1S/C19H32O5/c1-3-4-5-6-7-8-9-12-16-15-18(24-23-16)17(20)13-10-11-14-19(21)22-2/h7-9,12,16-18,20H,3-6,10-11,13-15H2,1-2H3/b8-7+,12-9+. The van der Waals surface area contributed by atoms with Gasteiger partial charge in [0, 0.05) is 12.8 Å². The number of rotatable bonds is 12. The second-order valence-electron chi connectivity index (χ2n) is 6.20. The molecule has 0 amide bonds. The number of methoxy groups -OCH3 is 1. The molecule has 0 aromatic heterocycles. The van der Waals surface area contributed by atoms with E-state index in [4.69, 9.17) is 9.78 Å². The van der Waals surface area contributed by atoms with Gasteiger partial charge >= 0.3 is 5.97 Å². The summed E-state index contributed by atoms with van der Waals surface area (Å²) in [5.41, 5.74) is 0. The van der Waals surface area contributed by atoms with Crippen LogP contribution >= 0.6 is 0 Å². The maximum absolute atomic E-state index is 11.0. The van der Waals surface area contributed by atoms with E-state index in [-0.39, 0.29) is 18.2 Å². The van der Waals surface area contributed by atoms with E-state index < -0.39 is 6.10 Å². The van der Waals surface area contributed by atoms with E-state index in [2.05, 4.69) is 17.7 Å². The van der Waals surface area contributed by atoms with Crippen molar-refractivity contribution in [3.05, 3.63) is 24.3 Å². The van der Waals surface area contributed by atoms with Crippen molar-refractivity contribution in [2.45, 2.75) is 83.0 Å². The molecule has 24 heavy (non-hydrogen) atoms. The molecular formula is C19H32O5. The van der Waals surface area contributed by atoms with Crippen molar-refractivity contribution in [1.82, 2.24) is 0 Å². The summed E-state index contributed by atoms with van der Waals surface area (Å²) < 4.78 is 4.59. The zero-order valence-corrected chi connectivity index (χ0v) is 15.0. The molecular weight excluding hydrogens is 308 g/mol. The normalized spacial score (nSPS) is 22.5. The van der Waals surface area contributed by atoms with Crippen molar-refractivity contribution in [2.24, 2.45) is 0 Å². The third kappa shape index (κ3) is 9.21. The smallest absolute Gasteiger partial charge is 0.305 e. The Kier molecular flexibility index (Phi) is 11.4. The average Bonchev–Trinajstić information content (AvgIpc) is 3.06. The Morgan fingerprint density at radius 1 is 1.25 bits per heavy atom. The highest BCUT2D eigenvalue weighted by Crippen LogP contribution is 2.23. The number of carbonyl (C=O) groups excluding carboxylic acids is 1. The summed E-state index contributed by atoms with van der Waals surface area (Å²) in [5, 5.41) is 10.1. The highest BCUT2D eigenvalue weighted by molar-refractivity contribution is 5.68. The van der Waals surface area contributed by atoms with Gasteiger partial charge in [0.25, 0.3) is 0 Å². The molecule has 1 N–H and O–H groups in total. The van der Waals surface area contributed by atoms with E-state index in [1.807, 2.05) is 18.2 Å². The molecule has 1 fully saturated rings. The van der Waals surface area contributed by atoms with Crippen molar-refractivity contribution in [3.63, 3.8) is 0 Å². The van der Waals surface area contributed by atoms with Crippen LogP contribution in [0.1, 0.15) is 64.7 Å². The zero-order valence-electron chi connectivity index (χ0n) is 15.0. The van der Waals surface area contributed by atoms with Crippen molar-refractivity contribution >= 4 is 5.97 Å². The van der Waals surface area contributed by atoms with Gasteiger partial charge in [-0.25, -0.2) is 9.78 Å². The Morgan fingerprint density at radius 3 is 2.83 bits per heavy atom. The monoisotopic (exact) mass is 340 g/mol. The molecule has 1 rings (SSSR count). The first kappa shape index (κ1) is 20.9. The lowest BCUT2D eigenvalue weighted by atomic mass is 10.0. The van der Waals surface area contributed by atoms with Crippen LogP contribution in [-0.2, 0) is 19.3 Å². The minimum Gasteiger partial charge on any atom is -0.469 e. The fraction of sp³-hybridized carbons (Fsp3) is 0.737. The van der Waals surface area contributed by atoms with E-state index in [0.29, 0.717) is 25.7 Å². The van der Waals surface area contributed by atoms with E-state index in [9.17, 15) is 9.90 Å². The summed E-state index contributed by atoms with van der Waals surface area (Å²) >= 11 is 0. The SMILES string of the molecule is CCCCC/C=C/C=C/C1CC(C(O)CCCCC(=O)OC)OO1. The van der Waals surface area contributed by atoms with Gasteiger partial charge in [0.15, 0.2) is 0 Å². The molecule has 138 valence electrons. The van der Waals surface area contributed by atoms with Crippen LogP contribution in [0.4, 0.5) is 0 Å². The van der Waals surface area contributed by atoms with Crippen molar-refractivity contribution in [3.8, 4) is 0 Å². The second-order valence-corrected chi connectivity index (χ2v) is 6.20. The number of aliphatic hydroxyl groups is 1. The van der Waals surface area contributed by atoms with Gasteiger partial charge in [-0.05, 0) is 25.7 Å². The Balaban J connectivity index is 2.14. The Hall–Kier alpha value is -1.17. The number of allylic oxidation sites excluding steroid dienone is 3. The topological polar surface area (TPSA) is 65.0 Å². The Labute approximate surface area is 145 Å². The molecule has 0 aliphatic carbocycles. The molecule has 0 bridgehead atoms. The predicted octanol–water partition coefficient (Wildman–Crippen LogP) is 3.86. The number of ether oxygens (including phenoxy) is 1. The first-order chi connectivity index (χ1) is 11.7. The van der Waals surface area contributed by atoms with Gasteiger partial charge in [-0.2, -0.15) is 0 Å². The number of unbranched alkanes of at least 4 members (excludes halogenated alkanes) is 4. The molecule has 1 saturated heterocycles. The fourth-order valence-electron chi connectivity index (χ4n) is 2.57. The number of carbonyl (C=O) groups is 1. The van der Waals surface area contributed by atoms with E-state index >= 15 is 0 Å². The van der Waals surface area contributed by atoms with Crippen LogP contribution in [0, 0.1) is 0 Å². The third-order valence-corrected chi connectivity index (χ3v) is 4.10. The van der Waals surface area contributed by atoms with Crippen LogP contribution in [-0.4, -0.2) is 36.5 Å². The molecule has 1 heterocycles.